The third kappa shape index (κ3) is 3.76. The fraction of sp³-hybridized carbons (Fsp3) is 0.368. The van der Waals surface area contributed by atoms with Gasteiger partial charge in [0.15, 0.2) is 0 Å². The lowest BCUT2D eigenvalue weighted by Crippen LogP contribution is -2.45. The second-order valence-corrected chi connectivity index (χ2v) is 7.96. The van der Waals surface area contributed by atoms with Gasteiger partial charge in [-0.3, -0.25) is 18.7 Å². The number of halogens is 3. The molecule has 0 atom stereocenters. The zero-order valence-corrected chi connectivity index (χ0v) is 16.7. The summed E-state index contributed by atoms with van der Waals surface area (Å²) in [6.45, 7) is -0.102. The van der Waals surface area contributed by atoms with Crippen LogP contribution in [0, 0.1) is 0 Å². The Kier molecular flexibility index (Phi) is 5.00. The van der Waals surface area contributed by atoms with Crippen molar-refractivity contribution in [2.24, 2.45) is 7.05 Å². The van der Waals surface area contributed by atoms with Gasteiger partial charge in [-0.05, 0) is 47.4 Å². The lowest BCUT2D eigenvalue weighted by atomic mass is 10.2. The molecule has 158 valence electrons. The first kappa shape index (κ1) is 20.3. The van der Waals surface area contributed by atoms with Gasteiger partial charge in [-0.1, -0.05) is 0 Å². The number of fused-ring (bicyclic) bond motifs is 1. The smallest absolute Gasteiger partial charge is 0.334 e. The Labute approximate surface area is 172 Å². The summed E-state index contributed by atoms with van der Waals surface area (Å²) < 4.78 is 40.4. The predicted molar refractivity (Wildman–Crippen MR) is 104 cm³/mol. The number of carbonyl (C=O) groups is 1. The molecule has 0 aliphatic heterocycles. The van der Waals surface area contributed by atoms with Crippen LogP contribution in [0.5, 0.6) is 0 Å². The zero-order chi connectivity index (χ0) is 21.6. The summed E-state index contributed by atoms with van der Waals surface area (Å²) in [6.07, 6.45) is -3.00. The van der Waals surface area contributed by atoms with Gasteiger partial charge >= 0.3 is 11.9 Å². The quantitative estimate of drug-likeness (QED) is 0.613. The Morgan fingerprint density at radius 2 is 2.00 bits per heavy atom. The van der Waals surface area contributed by atoms with E-state index in [0.29, 0.717) is 12.6 Å². The van der Waals surface area contributed by atoms with Gasteiger partial charge in [0.05, 0.1) is 5.39 Å². The van der Waals surface area contributed by atoms with Gasteiger partial charge in [0.2, 0.25) is 5.91 Å². The van der Waals surface area contributed by atoms with Gasteiger partial charge in [0.1, 0.15) is 17.9 Å². The van der Waals surface area contributed by atoms with Crippen LogP contribution in [0.1, 0.15) is 24.1 Å². The molecule has 1 fully saturated rings. The lowest BCUT2D eigenvalue weighted by Gasteiger charge is -2.22. The predicted octanol–water partition coefficient (Wildman–Crippen LogP) is 2.37. The molecule has 1 aliphatic rings. The Balaban J connectivity index is 1.71. The number of alkyl halides is 3. The number of pyridine rings is 1. The number of aryl methyl sites for hydroxylation is 1. The molecule has 0 aromatic carbocycles. The van der Waals surface area contributed by atoms with Gasteiger partial charge in [0.25, 0.3) is 5.56 Å². The molecular weight excluding hydrogens is 421 g/mol. The first-order valence-electron chi connectivity index (χ1n) is 9.15. The lowest BCUT2D eigenvalue weighted by molar-refractivity contribution is -0.141. The van der Waals surface area contributed by atoms with Crippen molar-refractivity contribution >= 4 is 28.3 Å². The van der Waals surface area contributed by atoms with Crippen molar-refractivity contribution in [1.29, 1.82) is 0 Å². The number of amides is 1. The highest BCUT2D eigenvalue weighted by molar-refractivity contribution is 7.07. The SMILES string of the molecule is Cn1c(=O)n(CC(=O)N(Cc2ccsc2)C2CC2)c(=O)c2ccc(C(F)(F)F)nc21. The first-order valence-corrected chi connectivity index (χ1v) is 10.1. The van der Waals surface area contributed by atoms with Crippen molar-refractivity contribution < 1.29 is 18.0 Å². The molecule has 0 radical (unpaired) electrons. The highest BCUT2D eigenvalue weighted by atomic mass is 32.1. The molecule has 4 rings (SSSR count). The van der Waals surface area contributed by atoms with E-state index in [0.717, 1.165) is 33.6 Å². The zero-order valence-electron chi connectivity index (χ0n) is 15.8. The van der Waals surface area contributed by atoms with Crippen molar-refractivity contribution in [3.8, 4) is 0 Å². The minimum atomic E-state index is -4.71. The second-order valence-electron chi connectivity index (χ2n) is 7.18. The van der Waals surface area contributed by atoms with Crippen LogP contribution in [0.15, 0.2) is 38.5 Å². The third-order valence-electron chi connectivity index (χ3n) is 5.01. The molecule has 1 aliphatic carbocycles. The first-order chi connectivity index (χ1) is 14.2. The maximum absolute atomic E-state index is 12.9. The largest absolute Gasteiger partial charge is 0.433 e. The second kappa shape index (κ2) is 7.38. The number of hydrogen-bond acceptors (Lipinski definition) is 5. The summed E-state index contributed by atoms with van der Waals surface area (Å²) in [5, 5.41) is 3.67. The fourth-order valence-corrected chi connectivity index (χ4v) is 3.94. The maximum Gasteiger partial charge on any atom is 0.433 e. The molecule has 7 nitrogen and oxygen atoms in total. The molecule has 0 spiro atoms. The van der Waals surface area contributed by atoms with Gasteiger partial charge in [-0.2, -0.15) is 24.5 Å². The van der Waals surface area contributed by atoms with Gasteiger partial charge in [-0.25, -0.2) is 9.78 Å². The average Bonchev–Trinajstić information content (AvgIpc) is 3.41. The van der Waals surface area contributed by atoms with Gasteiger partial charge in [0, 0.05) is 19.6 Å². The van der Waals surface area contributed by atoms with E-state index in [2.05, 4.69) is 4.98 Å². The number of thiophene rings is 1. The van der Waals surface area contributed by atoms with E-state index in [1.807, 2.05) is 16.8 Å². The van der Waals surface area contributed by atoms with Crippen LogP contribution >= 0.6 is 11.3 Å². The van der Waals surface area contributed by atoms with E-state index >= 15 is 0 Å². The Morgan fingerprint density at radius 1 is 1.27 bits per heavy atom. The van der Waals surface area contributed by atoms with Crippen LogP contribution in [0.4, 0.5) is 13.2 Å². The van der Waals surface area contributed by atoms with Crippen LogP contribution in [-0.4, -0.2) is 31.0 Å². The van der Waals surface area contributed by atoms with Crippen LogP contribution < -0.4 is 11.2 Å². The minimum absolute atomic E-state index is 0.0634. The van der Waals surface area contributed by atoms with E-state index in [9.17, 15) is 27.6 Å². The average molecular weight is 438 g/mol. The van der Waals surface area contributed by atoms with Crippen molar-refractivity contribution in [3.63, 3.8) is 0 Å². The Hall–Kier alpha value is -2.95. The summed E-state index contributed by atoms with van der Waals surface area (Å²) >= 11 is 1.51. The molecule has 1 amide bonds. The molecular formula is C19H17F3N4O3S. The molecule has 3 aromatic rings. The van der Waals surface area contributed by atoms with Crippen LogP contribution in [0.3, 0.4) is 0 Å². The van der Waals surface area contributed by atoms with Gasteiger partial charge in [-0.15, -0.1) is 0 Å². The van der Waals surface area contributed by atoms with E-state index in [4.69, 9.17) is 0 Å². The number of rotatable bonds is 5. The topological polar surface area (TPSA) is 77.2 Å². The van der Waals surface area contributed by atoms with E-state index < -0.39 is 29.7 Å². The van der Waals surface area contributed by atoms with Gasteiger partial charge < -0.3 is 4.90 Å². The van der Waals surface area contributed by atoms with Crippen molar-refractivity contribution in [3.05, 3.63) is 61.1 Å². The van der Waals surface area contributed by atoms with Crippen LogP contribution in [0.25, 0.3) is 11.0 Å². The summed E-state index contributed by atoms with van der Waals surface area (Å²) in [4.78, 5) is 43.4. The summed E-state index contributed by atoms with van der Waals surface area (Å²) in [5.74, 6) is -0.387. The summed E-state index contributed by atoms with van der Waals surface area (Å²) in [5.41, 5.74) is -2.34. The highest BCUT2D eigenvalue weighted by Crippen LogP contribution is 2.29. The maximum atomic E-state index is 12.9. The molecule has 11 heteroatoms. The Morgan fingerprint density at radius 3 is 2.60 bits per heavy atom. The van der Waals surface area contributed by atoms with E-state index in [-0.39, 0.29) is 23.0 Å². The molecule has 1 saturated carbocycles. The summed E-state index contributed by atoms with van der Waals surface area (Å²) in [6, 6.07) is 3.64. The van der Waals surface area contributed by atoms with E-state index in [1.54, 1.807) is 4.90 Å². The standard InChI is InChI=1S/C19H17F3N4O3S/c1-24-16-13(4-5-14(23-16)19(20,21)22)17(28)26(18(24)29)9-15(27)25(12-2-3-12)8-11-6-7-30-10-11/h4-7,10,12H,2-3,8-9H2,1H3. The Bertz CT molecular complexity index is 1230. The molecule has 0 bridgehead atoms. The molecule has 3 heterocycles. The molecule has 0 unspecified atom stereocenters. The van der Waals surface area contributed by atoms with Crippen molar-refractivity contribution in [2.45, 2.75) is 38.1 Å². The molecule has 0 saturated heterocycles. The van der Waals surface area contributed by atoms with Crippen LogP contribution in [0.2, 0.25) is 0 Å². The number of aromatic nitrogens is 3. The monoisotopic (exact) mass is 438 g/mol. The number of hydrogen-bond donors (Lipinski definition) is 0. The third-order valence-corrected chi connectivity index (χ3v) is 5.74. The normalized spacial score (nSPS) is 14.3. The van der Waals surface area contributed by atoms with E-state index in [1.165, 1.54) is 18.4 Å². The summed E-state index contributed by atoms with van der Waals surface area (Å²) in [7, 11) is 1.22. The highest BCUT2D eigenvalue weighted by Gasteiger charge is 2.34. The fourth-order valence-electron chi connectivity index (χ4n) is 3.28. The number of nitrogens with zero attached hydrogens (tertiary/aromatic N) is 4. The molecule has 30 heavy (non-hydrogen) atoms. The van der Waals surface area contributed by atoms with Crippen molar-refractivity contribution in [1.82, 2.24) is 19.0 Å². The minimum Gasteiger partial charge on any atom is -0.334 e. The molecule has 0 N–H and O–H groups in total. The molecule has 3 aromatic heterocycles. The number of carbonyl (C=O) groups excluding carboxylic acids is 1. The van der Waals surface area contributed by atoms with Crippen molar-refractivity contribution in [2.75, 3.05) is 0 Å². The van der Waals surface area contributed by atoms with Crippen LogP contribution in [-0.2, 0) is 31.1 Å².